The lowest BCUT2D eigenvalue weighted by Crippen LogP contribution is -2.18. The fourth-order valence-corrected chi connectivity index (χ4v) is 2.02. The van der Waals surface area contributed by atoms with E-state index in [2.05, 4.69) is 42.3 Å². The van der Waals surface area contributed by atoms with Crippen molar-refractivity contribution >= 4 is 0 Å². The van der Waals surface area contributed by atoms with Gasteiger partial charge in [0.05, 0.1) is 0 Å². The molecule has 0 bridgehead atoms. The molecule has 94 valence electrons. The Morgan fingerprint density at radius 1 is 1.17 bits per heavy atom. The highest BCUT2D eigenvalue weighted by atomic mass is 16.1. The molecule has 3 heteroatoms. The average molecular weight is 242 g/mol. The Labute approximate surface area is 107 Å². The number of rotatable bonds is 3. The van der Waals surface area contributed by atoms with Crippen LogP contribution in [0.25, 0.3) is 11.3 Å². The number of nitrogens with one attached hydrogen (secondary N) is 2. The standard InChI is InChI=1S/C15H18N2O/c1-10-4-5-11(2)13(8-10)14-7-6-12(9-16-3)15(18)17-14/h4-8,16H,9H2,1-3H3,(H,17,18). The number of H-pyrrole nitrogens is 1. The maximum Gasteiger partial charge on any atom is 0.252 e. The van der Waals surface area contributed by atoms with Crippen LogP contribution in [0.2, 0.25) is 0 Å². The van der Waals surface area contributed by atoms with Crippen LogP contribution in [-0.4, -0.2) is 12.0 Å². The molecule has 0 fully saturated rings. The quantitative estimate of drug-likeness (QED) is 0.868. The summed E-state index contributed by atoms with van der Waals surface area (Å²) in [5.74, 6) is 0. The average Bonchev–Trinajstić information content (AvgIpc) is 2.35. The highest BCUT2D eigenvalue weighted by Crippen LogP contribution is 2.21. The summed E-state index contributed by atoms with van der Waals surface area (Å²) in [5.41, 5.74) is 5.05. The molecule has 1 aromatic heterocycles. The first-order valence-corrected chi connectivity index (χ1v) is 6.06. The third-order valence-corrected chi connectivity index (χ3v) is 3.04. The van der Waals surface area contributed by atoms with Gasteiger partial charge in [-0.3, -0.25) is 4.79 Å². The molecule has 0 aliphatic heterocycles. The molecule has 1 heterocycles. The number of benzene rings is 1. The van der Waals surface area contributed by atoms with E-state index in [9.17, 15) is 4.79 Å². The Kier molecular flexibility index (Phi) is 3.63. The van der Waals surface area contributed by atoms with Crippen molar-refractivity contribution in [2.75, 3.05) is 7.05 Å². The van der Waals surface area contributed by atoms with Crippen molar-refractivity contribution in [3.8, 4) is 11.3 Å². The monoisotopic (exact) mass is 242 g/mol. The van der Waals surface area contributed by atoms with Crippen LogP contribution in [0.15, 0.2) is 35.1 Å². The molecule has 0 spiro atoms. The second kappa shape index (κ2) is 5.19. The van der Waals surface area contributed by atoms with Gasteiger partial charge in [0, 0.05) is 23.4 Å². The molecular weight excluding hydrogens is 224 g/mol. The fourth-order valence-electron chi connectivity index (χ4n) is 2.02. The Morgan fingerprint density at radius 2 is 1.94 bits per heavy atom. The van der Waals surface area contributed by atoms with Gasteiger partial charge < -0.3 is 10.3 Å². The smallest absolute Gasteiger partial charge is 0.252 e. The van der Waals surface area contributed by atoms with Gasteiger partial charge in [-0.2, -0.15) is 0 Å². The van der Waals surface area contributed by atoms with Crippen LogP contribution in [0.1, 0.15) is 16.7 Å². The van der Waals surface area contributed by atoms with Crippen molar-refractivity contribution in [3.63, 3.8) is 0 Å². The predicted molar refractivity (Wildman–Crippen MR) is 74.7 cm³/mol. The SMILES string of the molecule is CNCc1ccc(-c2cc(C)ccc2C)[nH]c1=O. The summed E-state index contributed by atoms with van der Waals surface area (Å²) in [4.78, 5) is 14.9. The molecular formula is C15H18N2O. The summed E-state index contributed by atoms with van der Waals surface area (Å²) < 4.78 is 0. The zero-order chi connectivity index (χ0) is 13.1. The second-order valence-corrected chi connectivity index (χ2v) is 4.58. The number of hydrogen-bond donors (Lipinski definition) is 2. The summed E-state index contributed by atoms with van der Waals surface area (Å²) in [7, 11) is 1.83. The lowest BCUT2D eigenvalue weighted by atomic mass is 10.0. The Morgan fingerprint density at radius 3 is 2.61 bits per heavy atom. The lowest BCUT2D eigenvalue weighted by Gasteiger charge is -2.08. The van der Waals surface area contributed by atoms with Crippen LogP contribution in [0.3, 0.4) is 0 Å². The topological polar surface area (TPSA) is 44.9 Å². The van der Waals surface area contributed by atoms with Crippen LogP contribution in [0, 0.1) is 13.8 Å². The van der Waals surface area contributed by atoms with Gasteiger partial charge in [0.1, 0.15) is 0 Å². The van der Waals surface area contributed by atoms with Crippen molar-refractivity contribution in [2.24, 2.45) is 0 Å². The largest absolute Gasteiger partial charge is 0.322 e. The summed E-state index contributed by atoms with van der Waals surface area (Å²) in [6.07, 6.45) is 0. The summed E-state index contributed by atoms with van der Waals surface area (Å²) in [5, 5.41) is 2.98. The molecule has 0 radical (unpaired) electrons. The zero-order valence-electron chi connectivity index (χ0n) is 11.0. The van der Waals surface area contributed by atoms with Gasteiger partial charge in [0.2, 0.25) is 0 Å². The van der Waals surface area contributed by atoms with E-state index >= 15 is 0 Å². The minimum atomic E-state index is -0.0252. The van der Waals surface area contributed by atoms with Gasteiger partial charge in [-0.05, 0) is 38.6 Å². The maximum absolute atomic E-state index is 11.9. The molecule has 2 aromatic rings. The zero-order valence-corrected chi connectivity index (χ0v) is 11.0. The van der Waals surface area contributed by atoms with Crippen LogP contribution in [0.4, 0.5) is 0 Å². The number of pyridine rings is 1. The molecule has 0 saturated carbocycles. The van der Waals surface area contributed by atoms with E-state index in [0.717, 1.165) is 22.4 Å². The minimum absolute atomic E-state index is 0.0252. The molecule has 0 saturated heterocycles. The predicted octanol–water partition coefficient (Wildman–Crippen LogP) is 2.38. The summed E-state index contributed by atoms with van der Waals surface area (Å²) in [6.45, 7) is 4.69. The van der Waals surface area contributed by atoms with E-state index in [4.69, 9.17) is 0 Å². The van der Waals surface area contributed by atoms with Gasteiger partial charge in [0.25, 0.3) is 5.56 Å². The highest BCUT2D eigenvalue weighted by molar-refractivity contribution is 5.64. The molecule has 0 aliphatic rings. The van der Waals surface area contributed by atoms with Crippen LogP contribution >= 0.6 is 0 Å². The van der Waals surface area contributed by atoms with Crippen molar-refractivity contribution in [1.82, 2.24) is 10.3 Å². The lowest BCUT2D eigenvalue weighted by molar-refractivity contribution is 0.805. The van der Waals surface area contributed by atoms with Crippen LogP contribution in [-0.2, 0) is 6.54 Å². The first-order chi connectivity index (χ1) is 8.61. The summed E-state index contributed by atoms with van der Waals surface area (Å²) >= 11 is 0. The molecule has 1 aromatic carbocycles. The Hall–Kier alpha value is -1.87. The molecule has 0 unspecified atom stereocenters. The maximum atomic E-state index is 11.9. The molecule has 2 rings (SSSR count). The van der Waals surface area contributed by atoms with Crippen molar-refractivity contribution in [2.45, 2.75) is 20.4 Å². The Bertz CT molecular complexity index is 614. The van der Waals surface area contributed by atoms with E-state index in [1.807, 2.05) is 19.2 Å². The summed E-state index contributed by atoms with van der Waals surface area (Å²) in [6, 6.07) is 10.1. The number of aromatic amines is 1. The molecule has 18 heavy (non-hydrogen) atoms. The van der Waals surface area contributed by atoms with Gasteiger partial charge in [-0.1, -0.05) is 23.8 Å². The van der Waals surface area contributed by atoms with E-state index in [1.165, 1.54) is 5.56 Å². The number of aryl methyl sites for hydroxylation is 2. The van der Waals surface area contributed by atoms with Gasteiger partial charge in [0.15, 0.2) is 0 Å². The molecule has 3 nitrogen and oxygen atoms in total. The van der Waals surface area contributed by atoms with Crippen molar-refractivity contribution in [1.29, 1.82) is 0 Å². The van der Waals surface area contributed by atoms with Crippen LogP contribution < -0.4 is 10.9 Å². The molecule has 0 atom stereocenters. The van der Waals surface area contributed by atoms with E-state index in [0.29, 0.717) is 6.54 Å². The highest BCUT2D eigenvalue weighted by Gasteiger charge is 2.05. The van der Waals surface area contributed by atoms with Crippen molar-refractivity contribution < 1.29 is 0 Å². The second-order valence-electron chi connectivity index (χ2n) is 4.58. The fraction of sp³-hybridized carbons (Fsp3) is 0.267. The normalized spacial score (nSPS) is 10.6. The third-order valence-electron chi connectivity index (χ3n) is 3.04. The van der Waals surface area contributed by atoms with Gasteiger partial charge in [-0.25, -0.2) is 0 Å². The van der Waals surface area contributed by atoms with Gasteiger partial charge in [-0.15, -0.1) is 0 Å². The van der Waals surface area contributed by atoms with Gasteiger partial charge >= 0.3 is 0 Å². The van der Waals surface area contributed by atoms with E-state index < -0.39 is 0 Å². The van der Waals surface area contributed by atoms with E-state index in [-0.39, 0.29) is 5.56 Å². The Balaban J connectivity index is 2.49. The first-order valence-electron chi connectivity index (χ1n) is 6.06. The van der Waals surface area contributed by atoms with Crippen LogP contribution in [0.5, 0.6) is 0 Å². The minimum Gasteiger partial charge on any atom is -0.322 e. The third kappa shape index (κ3) is 2.51. The van der Waals surface area contributed by atoms with E-state index in [1.54, 1.807) is 0 Å². The van der Waals surface area contributed by atoms with Crippen molar-refractivity contribution in [3.05, 3.63) is 57.4 Å². The number of aromatic nitrogens is 1. The molecule has 0 amide bonds. The molecule has 2 N–H and O–H groups in total. The molecule has 0 aliphatic carbocycles. The first kappa shape index (κ1) is 12.6. The number of hydrogen-bond acceptors (Lipinski definition) is 2.